The average Bonchev–Trinajstić information content (AvgIpc) is 3.01. The third-order valence-corrected chi connectivity index (χ3v) is 7.43. The highest BCUT2D eigenvalue weighted by Crippen LogP contribution is 2.38. The molecule has 180 valence electrons. The predicted octanol–water partition coefficient (Wildman–Crippen LogP) is 2.54. The monoisotopic (exact) mass is 458 g/mol. The lowest BCUT2D eigenvalue weighted by atomic mass is 9.85. The maximum atomic E-state index is 13.5. The van der Waals surface area contributed by atoms with Gasteiger partial charge in [0.25, 0.3) is 5.91 Å². The highest BCUT2D eigenvalue weighted by molar-refractivity contribution is 6.06. The first kappa shape index (κ1) is 23.4. The Morgan fingerprint density at radius 1 is 1.06 bits per heavy atom. The second-order valence-corrected chi connectivity index (χ2v) is 9.07. The van der Waals surface area contributed by atoms with E-state index in [1.807, 2.05) is 31.2 Å². The molecule has 4 amide bonds. The van der Waals surface area contributed by atoms with E-state index in [1.54, 1.807) is 24.0 Å². The molecule has 1 aromatic rings. The van der Waals surface area contributed by atoms with E-state index >= 15 is 0 Å². The van der Waals surface area contributed by atoms with Gasteiger partial charge < -0.3 is 24.2 Å². The van der Waals surface area contributed by atoms with Crippen molar-refractivity contribution in [1.29, 1.82) is 0 Å². The summed E-state index contributed by atoms with van der Waals surface area (Å²) in [6, 6.07) is 7.61. The molecule has 9 heteroatoms. The lowest BCUT2D eigenvalue weighted by molar-refractivity contribution is -0.136. The summed E-state index contributed by atoms with van der Waals surface area (Å²) in [4.78, 5) is 45.6. The molecule has 0 atom stereocenters. The third kappa shape index (κ3) is 4.38. The summed E-state index contributed by atoms with van der Waals surface area (Å²) in [5.41, 5.74) is 0.139. The summed E-state index contributed by atoms with van der Waals surface area (Å²) >= 11 is 0. The normalized spacial score (nSPS) is 21.7. The number of nitrogens with zero attached hydrogens (tertiary/aromatic N) is 4. The van der Waals surface area contributed by atoms with E-state index in [4.69, 9.17) is 9.47 Å². The number of hydrogen-bond acceptors (Lipinski definition) is 6. The first-order chi connectivity index (χ1) is 15.9. The van der Waals surface area contributed by atoms with Crippen LogP contribution in [0.3, 0.4) is 0 Å². The van der Waals surface area contributed by atoms with Crippen LogP contribution in [0.2, 0.25) is 0 Å². The molecule has 0 saturated carbocycles. The minimum absolute atomic E-state index is 0.0948. The van der Waals surface area contributed by atoms with Crippen LogP contribution in [0.5, 0.6) is 5.75 Å². The SMILES string of the molecule is CCOC(=O)N1CCC(N2CCC3(CC2)C(=O)N(Cc2ccc(OC)cc2)C(=O)N3C)CC1. The molecule has 0 aromatic heterocycles. The number of rotatable bonds is 5. The van der Waals surface area contributed by atoms with Gasteiger partial charge in [0.2, 0.25) is 0 Å². The number of likely N-dealkylation sites (tertiary alicyclic amines) is 2. The Morgan fingerprint density at radius 3 is 2.27 bits per heavy atom. The van der Waals surface area contributed by atoms with E-state index in [1.165, 1.54) is 4.90 Å². The van der Waals surface area contributed by atoms with E-state index in [-0.39, 0.29) is 24.6 Å². The number of urea groups is 1. The van der Waals surface area contributed by atoms with E-state index < -0.39 is 5.54 Å². The molecule has 3 saturated heterocycles. The average molecular weight is 459 g/mol. The minimum atomic E-state index is -0.758. The fourth-order valence-electron chi connectivity index (χ4n) is 5.34. The quantitative estimate of drug-likeness (QED) is 0.631. The molecule has 3 aliphatic heterocycles. The van der Waals surface area contributed by atoms with Gasteiger partial charge in [-0.3, -0.25) is 9.69 Å². The Labute approximate surface area is 195 Å². The number of benzene rings is 1. The number of ether oxygens (including phenoxy) is 2. The second kappa shape index (κ2) is 9.59. The lowest BCUT2D eigenvalue weighted by Crippen LogP contribution is -2.58. The Bertz CT molecular complexity index is 873. The zero-order chi connectivity index (χ0) is 23.6. The van der Waals surface area contributed by atoms with Crippen LogP contribution < -0.4 is 4.74 Å². The van der Waals surface area contributed by atoms with E-state index in [0.29, 0.717) is 38.6 Å². The van der Waals surface area contributed by atoms with Crippen molar-refractivity contribution in [3.63, 3.8) is 0 Å². The number of imide groups is 1. The van der Waals surface area contributed by atoms with Crippen molar-refractivity contribution in [2.75, 3.05) is 46.9 Å². The zero-order valence-electron chi connectivity index (χ0n) is 19.8. The number of methoxy groups -OCH3 is 1. The van der Waals surface area contributed by atoms with Crippen LogP contribution in [0.4, 0.5) is 9.59 Å². The Kier molecular flexibility index (Phi) is 6.78. The molecule has 1 aromatic carbocycles. The molecule has 0 unspecified atom stereocenters. The maximum absolute atomic E-state index is 13.5. The third-order valence-electron chi connectivity index (χ3n) is 7.43. The van der Waals surface area contributed by atoms with Gasteiger partial charge in [-0.1, -0.05) is 12.1 Å². The molecule has 0 radical (unpaired) electrons. The summed E-state index contributed by atoms with van der Waals surface area (Å²) in [5, 5.41) is 0. The molecule has 3 fully saturated rings. The van der Waals surface area contributed by atoms with Gasteiger partial charge in [0.15, 0.2) is 0 Å². The van der Waals surface area contributed by atoms with Gasteiger partial charge in [0.1, 0.15) is 11.3 Å². The molecule has 3 heterocycles. The largest absolute Gasteiger partial charge is 0.497 e. The number of carbonyl (C=O) groups is 3. The molecule has 3 aliphatic rings. The number of carbonyl (C=O) groups excluding carboxylic acids is 3. The van der Waals surface area contributed by atoms with E-state index in [2.05, 4.69) is 4.90 Å². The molecular formula is C24H34N4O5. The van der Waals surface area contributed by atoms with Crippen LogP contribution in [-0.2, 0) is 16.1 Å². The van der Waals surface area contributed by atoms with Crippen LogP contribution in [-0.4, -0.2) is 96.2 Å². The van der Waals surface area contributed by atoms with Crippen LogP contribution in [0, 0.1) is 0 Å². The molecular weight excluding hydrogens is 424 g/mol. The summed E-state index contributed by atoms with van der Waals surface area (Å²) in [6.45, 7) is 5.40. The minimum Gasteiger partial charge on any atom is -0.497 e. The molecule has 4 rings (SSSR count). The molecule has 9 nitrogen and oxygen atoms in total. The molecule has 0 N–H and O–H groups in total. The number of hydrogen-bond donors (Lipinski definition) is 0. The fourth-order valence-corrected chi connectivity index (χ4v) is 5.34. The lowest BCUT2D eigenvalue weighted by Gasteiger charge is -2.45. The van der Waals surface area contributed by atoms with Crippen LogP contribution in [0.15, 0.2) is 24.3 Å². The Morgan fingerprint density at radius 2 is 1.70 bits per heavy atom. The van der Waals surface area contributed by atoms with Crippen molar-refractivity contribution in [2.45, 2.75) is 50.7 Å². The number of likely N-dealkylation sites (N-methyl/N-ethyl adjacent to an activating group) is 1. The topological polar surface area (TPSA) is 82.6 Å². The van der Waals surface area contributed by atoms with Crippen molar-refractivity contribution < 1.29 is 23.9 Å². The van der Waals surface area contributed by atoms with Crippen LogP contribution in [0.1, 0.15) is 38.2 Å². The van der Waals surface area contributed by atoms with E-state index in [0.717, 1.165) is 37.2 Å². The Balaban J connectivity index is 1.35. The van der Waals surface area contributed by atoms with Gasteiger partial charge in [-0.2, -0.15) is 0 Å². The van der Waals surface area contributed by atoms with Gasteiger partial charge >= 0.3 is 12.1 Å². The standard InChI is InChI=1S/C24H34N4O5/c1-4-33-23(31)27-13-9-19(10-14-27)26-15-11-24(12-16-26)21(29)28(22(30)25(24)2)17-18-5-7-20(32-3)8-6-18/h5-8,19H,4,9-17H2,1-3H3. The highest BCUT2D eigenvalue weighted by atomic mass is 16.6. The van der Waals surface area contributed by atoms with Gasteiger partial charge in [0.05, 0.1) is 20.3 Å². The van der Waals surface area contributed by atoms with Gasteiger partial charge in [-0.05, 0) is 50.3 Å². The van der Waals surface area contributed by atoms with Crippen LogP contribution in [0.25, 0.3) is 0 Å². The number of piperidine rings is 2. The number of amides is 4. The zero-order valence-corrected chi connectivity index (χ0v) is 19.8. The van der Waals surface area contributed by atoms with Crippen molar-refractivity contribution in [1.82, 2.24) is 19.6 Å². The predicted molar refractivity (Wildman–Crippen MR) is 122 cm³/mol. The van der Waals surface area contributed by atoms with Crippen molar-refractivity contribution in [3.05, 3.63) is 29.8 Å². The maximum Gasteiger partial charge on any atom is 0.409 e. The van der Waals surface area contributed by atoms with Gasteiger partial charge in [-0.15, -0.1) is 0 Å². The summed E-state index contributed by atoms with van der Waals surface area (Å²) in [6.07, 6.45) is 2.83. The highest BCUT2D eigenvalue weighted by Gasteiger charge is 2.56. The molecule has 0 aliphatic carbocycles. The summed E-state index contributed by atoms with van der Waals surface area (Å²) in [7, 11) is 3.36. The first-order valence-electron chi connectivity index (χ1n) is 11.8. The van der Waals surface area contributed by atoms with Crippen molar-refractivity contribution in [2.24, 2.45) is 0 Å². The second-order valence-electron chi connectivity index (χ2n) is 9.07. The summed E-state index contributed by atoms with van der Waals surface area (Å²) < 4.78 is 10.3. The summed E-state index contributed by atoms with van der Waals surface area (Å²) in [5.74, 6) is 0.648. The van der Waals surface area contributed by atoms with Crippen molar-refractivity contribution >= 4 is 18.0 Å². The van der Waals surface area contributed by atoms with Crippen LogP contribution >= 0.6 is 0 Å². The molecule has 0 bridgehead atoms. The smallest absolute Gasteiger partial charge is 0.409 e. The van der Waals surface area contributed by atoms with E-state index in [9.17, 15) is 14.4 Å². The van der Waals surface area contributed by atoms with Crippen molar-refractivity contribution in [3.8, 4) is 5.75 Å². The van der Waals surface area contributed by atoms with Gasteiger partial charge in [-0.25, -0.2) is 9.59 Å². The fraction of sp³-hybridized carbons (Fsp3) is 0.625. The Hall–Kier alpha value is -2.81. The first-order valence-corrected chi connectivity index (χ1v) is 11.8. The van der Waals surface area contributed by atoms with Gasteiger partial charge in [0, 0.05) is 39.3 Å². The molecule has 33 heavy (non-hydrogen) atoms. The molecule has 1 spiro atoms.